The van der Waals surface area contributed by atoms with E-state index in [4.69, 9.17) is 4.74 Å². The Bertz CT molecular complexity index is 943. The zero-order valence-electron chi connectivity index (χ0n) is 16.4. The highest BCUT2D eigenvalue weighted by Gasteiger charge is 2.15. The molecule has 0 radical (unpaired) electrons. The van der Waals surface area contributed by atoms with Crippen molar-refractivity contribution in [1.82, 2.24) is 4.90 Å². The molecule has 0 aliphatic carbocycles. The van der Waals surface area contributed by atoms with Crippen molar-refractivity contribution in [1.29, 1.82) is 0 Å². The van der Waals surface area contributed by atoms with Crippen molar-refractivity contribution in [2.24, 2.45) is 0 Å². The lowest BCUT2D eigenvalue weighted by atomic mass is 10.1. The highest BCUT2D eigenvalue weighted by molar-refractivity contribution is 5.95. The third-order valence-electron chi connectivity index (χ3n) is 4.43. The summed E-state index contributed by atoms with van der Waals surface area (Å²) in [5.74, 6) is 0.829. The molecule has 5 nitrogen and oxygen atoms in total. The largest absolute Gasteiger partial charge is 0.455 e. The van der Waals surface area contributed by atoms with Gasteiger partial charge < -0.3 is 15.0 Å². The Kier molecular flexibility index (Phi) is 7.00. The molecular formula is C24H24N2O3. The highest BCUT2D eigenvalue weighted by atomic mass is 16.5. The molecule has 0 heterocycles. The Labute approximate surface area is 170 Å². The fraction of sp³-hybridized carbons (Fsp3) is 0.167. The second-order valence-corrected chi connectivity index (χ2v) is 6.64. The maximum Gasteiger partial charge on any atom is 0.244 e. The van der Waals surface area contributed by atoms with E-state index < -0.39 is 0 Å². The second kappa shape index (κ2) is 10.1. The standard InChI is InChI=1S/C24H24N2O3/c1-19(27)26(17-16-20-10-4-2-5-11-20)18-24(28)25-22-14-8-9-15-23(22)29-21-12-6-3-7-13-21/h2-15H,16-18H2,1H3,(H,25,28). The molecule has 0 unspecified atom stereocenters. The number of anilines is 1. The van der Waals surface area contributed by atoms with Crippen LogP contribution in [0.4, 0.5) is 5.69 Å². The Morgan fingerprint density at radius 2 is 1.48 bits per heavy atom. The Balaban J connectivity index is 1.62. The fourth-order valence-electron chi connectivity index (χ4n) is 2.89. The Hall–Kier alpha value is -3.60. The van der Waals surface area contributed by atoms with Gasteiger partial charge in [-0.15, -0.1) is 0 Å². The lowest BCUT2D eigenvalue weighted by Gasteiger charge is -2.21. The van der Waals surface area contributed by atoms with Crippen LogP contribution in [0, 0.1) is 0 Å². The van der Waals surface area contributed by atoms with E-state index in [1.165, 1.54) is 6.92 Å². The number of hydrogen-bond donors (Lipinski definition) is 1. The van der Waals surface area contributed by atoms with E-state index in [-0.39, 0.29) is 18.4 Å². The monoisotopic (exact) mass is 388 g/mol. The molecule has 1 N–H and O–H groups in total. The summed E-state index contributed by atoms with van der Waals surface area (Å²) in [6.45, 7) is 1.95. The number of carbonyl (C=O) groups is 2. The smallest absolute Gasteiger partial charge is 0.244 e. The first-order chi connectivity index (χ1) is 14.1. The molecule has 5 heteroatoms. The first kappa shape index (κ1) is 20.1. The summed E-state index contributed by atoms with van der Waals surface area (Å²) in [5, 5.41) is 2.86. The molecule has 2 amide bonds. The van der Waals surface area contributed by atoms with Gasteiger partial charge in [-0.3, -0.25) is 9.59 Å². The van der Waals surface area contributed by atoms with Crippen molar-refractivity contribution in [3.8, 4) is 11.5 Å². The average Bonchev–Trinajstić information content (AvgIpc) is 2.74. The van der Waals surface area contributed by atoms with Gasteiger partial charge >= 0.3 is 0 Å². The molecule has 0 aliphatic rings. The van der Waals surface area contributed by atoms with Crippen molar-refractivity contribution < 1.29 is 14.3 Å². The maximum atomic E-state index is 12.6. The third-order valence-corrected chi connectivity index (χ3v) is 4.43. The molecule has 148 valence electrons. The first-order valence-corrected chi connectivity index (χ1v) is 9.53. The molecule has 3 rings (SSSR count). The Morgan fingerprint density at radius 3 is 2.17 bits per heavy atom. The molecule has 0 saturated carbocycles. The molecule has 3 aromatic rings. The number of carbonyl (C=O) groups excluding carboxylic acids is 2. The quantitative estimate of drug-likeness (QED) is 0.618. The van der Waals surface area contributed by atoms with Crippen LogP contribution in [0.5, 0.6) is 11.5 Å². The minimum atomic E-state index is -0.266. The summed E-state index contributed by atoms with van der Waals surface area (Å²) in [5.41, 5.74) is 1.69. The summed E-state index contributed by atoms with van der Waals surface area (Å²) in [7, 11) is 0. The van der Waals surface area contributed by atoms with E-state index in [2.05, 4.69) is 5.32 Å². The van der Waals surface area contributed by atoms with Crippen LogP contribution in [0.2, 0.25) is 0 Å². The van der Waals surface area contributed by atoms with Crippen molar-refractivity contribution in [3.63, 3.8) is 0 Å². The van der Waals surface area contributed by atoms with Crippen LogP contribution < -0.4 is 10.1 Å². The van der Waals surface area contributed by atoms with E-state index >= 15 is 0 Å². The van der Waals surface area contributed by atoms with E-state index in [1.807, 2.05) is 72.8 Å². The van der Waals surface area contributed by atoms with Gasteiger partial charge in [0.25, 0.3) is 0 Å². The second-order valence-electron chi connectivity index (χ2n) is 6.64. The summed E-state index contributed by atoms with van der Waals surface area (Å²) in [6, 6.07) is 26.5. The van der Waals surface area contributed by atoms with Crippen LogP contribution in [-0.2, 0) is 16.0 Å². The van der Waals surface area contributed by atoms with Gasteiger partial charge in [0.2, 0.25) is 11.8 Å². The number of nitrogens with one attached hydrogen (secondary N) is 1. The van der Waals surface area contributed by atoms with Gasteiger partial charge in [0, 0.05) is 13.5 Å². The molecule has 0 aromatic heterocycles. The van der Waals surface area contributed by atoms with Crippen molar-refractivity contribution in [2.45, 2.75) is 13.3 Å². The van der Waals surface area contributed by atoms with Crippen LogP contribution in [-0.4, -0.2) is 29.8 Å². The molecule has 0 fully saturated rings. The molecule has 0 spiro atoms. The van der Waals surface area contributed by atoms with Gasteiger partial charge in [-0.2, -0.15) is 0 Å². The lowest BCUT2D eigenvalue weighted by molar-refractivity contribution is -0.132. The number of para-hydroxylation sites is 3. The number of hydrogen-bond acceptors (Lipinski definition) is 3. The van der Waals surface area contributed by atoms with Gasteiger partial charge in [0.15, 0.2) is 5.75 Å². The number of rotatable bonds is 8. The van der Waals surface area contributed by atoms with Crippen molar-refractivity contribution in [2.75, 3.05) is 18.4 Å². The zero-order valence-corrected chi connectivity index (χ0v) is 16.4. The van der Waals surface area contributed by atoms with E-state index in [9.17, 15) is 9.59 Å². The normalized spacial score (nSPS) is 10.2. The van der Waals surface area contributed by atoms with Crippen LogP contribution >= 0.6 is 0 Å². The molecule has 0 bridgehead atoms. The lowest BCUT2D eigenvalue weighted by Crippen LogP contribution is -2.38. The maximum absolute atomic E-state index is 12.6. The van der Waals surface area contributed by atoms with Gasteiger partial charge in [0.1, 0.15) is 5.75 Å². The van der Waals surface area contributed by atoms with Gasteiger partial charge in [-0.25, -0.2) is 0 Å². The van der Waals surface area contributed by atoms with Crippen LogP contribution in [0.3, 0.4) is 0 Å². The van der Waals surface area contributed by atoms with E-state index in [1.54, 1.807) is 17.0 Å². The molecular weight excluding hydrogens is 364 g/mol. The van der Waals surface area contributed by atoms with Gasteiger partial charge in [-0.05, 0) is 36.2 Å². The van der Waals surface area contributed by atoms with Gasteiger partial charge in [-0.1, -0.05) is 60.7 Å². The molecule has 0 aliphatic heterocycles. The summed E-state index contributed by atoms with van der Waals surface area (Å²) in [6.07, 6.45) is 0.696. The van der Waals surface area contributed by atoms with Crippen LogP contribution in [0.25, 0.3) is 0 Å². The molecule has 0 saturated heterocycles. The number of amides is 2. The Morgan fingerprint density at radius 1 is 0.862 bits per heavy atom. The summed E-state index contributed by atoms with van der Waals surface area (Å²) < 4.78 is 5.87. The number of ether oxygens (including phenoxy) is 1. The minimum Gasteiger partial charge on any atom is -0.455 e. The van der Waals surface area contributed by atoms with Crippen molar-refractivity contribution in [3.05, 3.63) is 90.5 Å². The topological polar surface area (TPSA) is 58.6 Å². The molecule has 0 atom stereocenters. The average molecular weight is 388 g/mol. The zero-order chi connectivity index (χ0) is 20.5. The van der Waals surface area contributed by atoms with Gasteiger partial charge in [0.05, 0.1) is 12.2 Å². The predicted octanol–water partition coefficient (Wildman–Crippen LogP) is 4.51. The number of nitrogens with zero attached hydrogens (tertiary/aromatic N) is 1. The van der Waals surface area contributed by atoms with Crippen LogP contribution in [0.1, 0.15) is 12.5 Å². The summed E-state index contributed by atoms with van der Waals surface area (Å²) in [4.78, 5) is 26.1. The minimum absolute atomic E-state index is 0.0121. The van der Waals surface area contributed by atoms with E-state index in [0.717, 1.165) is 5.56 Å². The van der Waals surface area contributed by atoms with Crippen molar-refractivity contribution >= 4 is 17.5 Å². The summed E-state index contributed by atoms with van der Waals surface area (Å²) >= 11 is 0. The SMILES string of the molecule is CC(=O)N(CCc1ccccc1)CC(=O)Nc1ccccc1Oc1ccccc1. The predicted molar refractivity (Wildman–Crippen MR) is 114 cm³/mol. The van der Waals surface area contributed by atoms with E-state index in [0.29, 0.717) is 30.2 Å². The number of benzene rings is 3. The molecule has 3 aromatic carbocycles. The highest BCUT2D eigenvalue weighted by Crippen LogP contribution is 2.29. The van der Waals surface area contributed by atoms with Crippen LogP contribution in [0.15, 0.2) is 84.9 Å². The fourth-order valence-corrected chi connectivity index (χ4v) is 2.89. The first-order valence-electron chi connectivity index (χ1n) is 9.53. The molecule has 29 heavy (non-hydrogen) atoms. The third kappa shape index (κ3) is 6.21.